The molecule has 0 saturated carbocycles. The standard InChI is InChI=1S/C18H16BrFN4O/c1-10-6-16(15(20)7-14(10)12-8-22-23-9-12)24-18(25)17(21)11-2-4-13(19)5-3-11/h2-9,17H,21H2,1H3,(H,22,23)(H,24,25). The summed E-state index contributed by atoms with van der Waals surface area (Å²) in [4.78, 5) is 12.3. The van der Waals surface area contributed by atoms with Crippen LogP contribution in [0.1, 0.15) is 17.2 Å². The summed E-state index contributed by atoms with van der Waals surface area (Å²) in [6.45, 7) is 1.84. The summed E-state index contributed by atoms with van der Waals surface area (Å²) in [6, 6.07) is 9.17. The summed E-state index contributed by atoms with van der Waals surface area (Å²) in [6.07, 6.45) is 3.30. The highest BCUT2D eigenvalue weighted by Crippen LogP contribution is 2.28. The van der Waals surface area contributed by atoms with Crippen molar-refractivity contribution in [2.75, 3.05) is 5.32 Å². The number of hydrogen-bond acceptors (Lipinski definition) is 3. The number of H-pyrrole nitrogens is 1. The van der Waals surface area contributed by atoms with E-state index in [-0.39, 0.29) is 5.69 Å². The number of aromatic amines is 1. The van der Waals surface area contributed by atoms with E-state index < -0.39 is 17.8 Å². The molecule has 0 fully saturated rings. The van der Waals surface area contributed by atoms with Gasteiger partial charge in [-0.05, 0) is 47.9 Å². The minimum atomic E-state index is -0.888. The number of halogens is 2. The molecule has 5 nitrogen and oxygen atoms in total. The SMILES string of the molecule is Cc1cc(NC(=O)C(N)c2ccc(Br)cc2)c(F)cc1-c1cn[nH]c1. The number of amides is 1. The Bertz CT molecular complexity index is 894. The number of nitrogens with one attached hydrogen (secondary N) is 2. The molecule has 1 atom stereocenters. The number of carbonyl (C=O) groups is 1. The molecule has 0 spiro atoms. The molecule has 7 heteroatoms. The number of hydrogen-bond donors (Lipinski definition) is 3. The van der Waals surface area contributed by atoms with E-state index in [2.05, 4.69) is 31.4 Å². The van der Waals surface area contributed by atoms with Crippen molar-refractivity contribution < 1.29 is 9.18 Å². The van der Waals surface area contributed by atoms with Crippen LogP contribution in [0.2, 0.25) is 0 Å². The highest BCUT2D eigenvalue weighted by molar-refractivity contribution is 9.10. The molecule has 0 saturated heterocycles. The summed E-state index contributed by atoms with van der Waals surface area (Å²) in [5.74, 6) is -1.00. The van der Waals surface area contributed by atoms with Gasteiger partial charge < -0.3 is 11.1 Å². The largest absolute Gasteiger partial charge is 0.322 e. The molecule has 4 N–H and O–H groups in total. The fraction of sp³-hybridized carbons (Fsp3) is 0.111. The van der Waals surface area contributed by atoms with E-state index in [0.29, 0.717) is 11.1 Å². The average molecular weight is 403 g/mol. The second kappa shape index (κ2) is 7.16. The Hall–Kier alpha value is -2.51. The van der Waals surface area contributed by atoms with Gasteiger partial charge in [0.25, 0.3) is 0 Å². The van der Waals surface area contributed by atoms with Crippen LogP contribution in [0, 0.1) is 12.7 Å². The number of nitrogens with two attached hydrogens (primary N) is 1. The summed E-state index contributed by atoms with van der Waals surface area (Å²) in [5.41, 5.74) is 9.02. The topological polar surface area (TPSA) is 83.8 Å². The van der Waals surface area contributed by atoms with Crippen LogP contribution in [0.15, 0.2) is 53.3 Å². The van der Waals surface area contributed by atoms with Crippen LogP contribution in [0.25, 0.3) is 11.1 Å². The Morgan fingerprint density at radius 2 is 2.04 bits per heavy atom. The maximum atomic E-state index is 14.4. The normalized spacial score (nSPS) is 12.0. The average Bonchev–Trinajstić information content (AvgIpc) is 3.12. The number of carbonyl (C=O) groups excluding carboxylic acids is 1. The molecule has 128 valence electrons. The molecule has 3 rings (SSSR count). The van der Waals surface area contributed by atoms with Crippen molar-refractivity contribution in [3.8, 4) is 11.1 Å². The fourth-order valence-electron chi connectivity index (χ4n) is 2.52. The third kappa shape index (κ3) is 3.78. The van der Waals surface area contributed by atoms with Crippen LogP contribution in [0.4, 0.5) is 10.1 Å². The van der Waals surface area contributed by atoms with Crippen molar-refractivity contribution in [1.29, 1.82) is 0 Å². The quantitative estimate of drug-likeness (QED) is 0.618. The Morgan fingerprint density at radius 3 is 2.68 bits per heavy atom. The first-order chi connectivity index (χ1) is 12.0. The molecule has 0 aliphatic carbocycles. The van der Waals surface area contributed by atoms with E-state index in [0.717, 1.165) is 15.6 Å². The van der Waals surface area contributed by atoms with Gasteiger partial charge in [-0.3, -0.25) is 9.89 Å². The van der Waals surface area contributed by atoms with Gasteiger partial charge >= 0.3 is 0 Å². The second-order valence-electron chi connectivity index (χ2n) is 5.65. The zero-order valence-electron chi connectivity index (χ0n) is 13.4. The molecule has 25 heavy (non-hydrogen) atoms. The Kier molecular flexibility index (Phi) is 4.96. The summed E-state index contributed by atoms with van der Waals surface area (Å²) in [5, 5.41) is 9.13. The third-order valence-corrected chi connectivity index (χ3v) is 4.42. The third-order valence-electron chi connectivity index (χ3n) is 3.89. The molecular formula is C18H16BrFN4O. The van der Waals surface area contributed by atoms with E-state index >= 15 is 0 Å². The van der Waals surface area contributed by atoms with Gasteiger partial charge in [-0.1, -0.05) is 28.1 Å². The van der Waals surface area contributed by atoms with Crippen molar-refractivity contribution in [1.82, 2.24) is 10.2 Å². The zero-order chi connectivity index (χ0) is 18.0. The number of anilines is 1. The number of aryl methyl sites for hydroxylation is 1. The van der Waals surface area contributed by atoms with Gasteiger partial charge in [0, 0.05) is 16.2 Å². The smallest absolute Gasteiger partial charge is 0.245 e. The maximum absolute atomic E-state index is 14.4. The second-order valence-corrected chi connectivity index (χ2v) is 6.57. The molecular weight excluding hydrogens is 387 g/mol. The highest BCUT2D eigenvalue weighted by Gasteiger charge is 2.18. The lowest BCUT2D eigenvalue weighted by atomic mass is 10.0. The number of benzene rings is 2. The Balaban J connectivity index is 1.81. The lowest BCUT2D eigenvalue weighted by Gasteiger charge is -2.15. The Labute approximate surface area is 152 Å². The first-order valence-corrected chi connectivity index (χ1v) is 8.36. The molecule has 0 radical (unpaired) electrons. The van der Waals surface area contributed by atoms with Crippen molar-refractivity contribution in [2.45, 2.75) is 13.0 Å². The molecule has 1 heterocycles. The monoisotopic (exact) mass is 402 g/mol. The molecule has 0 aliphatic heterocycles. The van der Waals surface area contributed by atoms with Crippen molar-refractivity contribution in [3.05, 3.63) is 70.2 Å². The molecule has 1 amide bonds. The minimum Gasteiger partial charge on any atom is -0.322 e. The number of rotatable bonds is 4. The molecule has 0 aliphatic rings. The van der Waals surface area contributed by atoms with Crippen LogP contribution in [0.3, 0.4) is 0 Å². The fourth-order valence-corrected chi connectivity index (χ4v) is 2.78. The Morgan fingerprint density at radius 1 is 1.32 bits per heavy atom. The van der Waals surface area contributed by atoms with Crippen LogP contribution < -0.4 is 11.1 Å². The van der Waals surface area contributed by atoms with Gasteiger partial charge in [0.1, 0.15) is 11.9 Å². The minimum absolute atomic E-state index is 0.0994. The van der Waals surface area contributed by atoms with Gasteiger partial charge in [0.15, 0.2) is 0 Å². The summed E-state index contributed by atoms with van der Waals surface area (Å²) < 4.78 is 15.3. The first kappa shape index (κ1) is 17.3. The van der Waals surface area contributed by atoms with Crippen molar-refractivity contribution in [2.24, 2.45) is 5.73 Å². The lowest BCUT2D eigenvalue weighted by molar-refractivity contribution is -0.117. The maximum Gasteiger partial charge on any atom is 0.245 e. The first-order valence-electron chi connectivity index (χ1n) is 7.57. The van der Waals surface area contributed by atoms with Gasteiger partial charge in [0.2, 0.25) is 5.91 Å². The predicted octanol–water partition coefficient (Wildman–Crippen LogP) is 3.93. The van der Waals surface area contributed by atoms with E-state index in [1.165, 1.54) is 6.07 Å². The molecule has 3 aromatic rings. The summed E-state index contributed by atoms with van der Waals surface area (Å²) >= 11 is 3.33. The van der Waals surface area contributed by atoms with Crippen LogP contribution in [-0.2, 0) is 4.79 Å². The van der Waals surface area contributed by atoms with Crippen LogP contribution in [-0.4, -0.2) is 16.1 Å². The highest BCUT2D eigenvalue weighted by atomic mass is 79.9. The zero-order valence-corrected chi connectivity index (χ0v) is 15.0. The molecule has 0 bridgehead atoms. The van der Waals surface area contributed by atoms with E-state index in [9.17, 15) is 9.18 Å². The van der Waals surface area contributed by atoms with Gasteiger partial charge in [-0.15, -0.1) is 0 Å². The van der Waals surface area contributed by atoms with E-state index in [1.807, 2.05) is 6.92 Å². The van der Waals surface area contributed by atoms with Crippen molar-refractivity contribution >= 4 is 27.5 Å². The summed E-state index contributed by atoms with van der Waals surface area (Å²) in [7, 11) is 0. The van der Waals surface area contributed by atoms with E-state index in [4.69, 9.17) is 5.73 Å². The lowest BCUT2D eigenvalue weighted by Crippen LogP contribution is -2.28. The predicted molar refractivity (Wildman–Crippen MR) is 98.4 cm³/mol. The van der Waals surface area contributed by atoms with Gasteiger partial charge in [-0.25, -0.2) is 4.39 Å². The van der Waals surface area contributed by atoms with E-state index in [1.54, 1.807) is 42.7 Å². The van der Waals surface area contributed by atoms with Gasteiger partial charge in [0.05, 0.1) is 11.9 Å². The molecule has 1 unspecified atom stereocenters. The number of nitrogens with zero attached hydrogens (tertiary/aromatic N) is 1. The number of aromatic nitrogens is 2. The van der Waals surface area contributed by atoms with Gasteiger partial charge in [-0.2, -0.15) is 5.10 Å². The molecule has 1 aromatic heterocycles. The van der Waals surface area contributed by atoms with Crippen LogP contribution in [0.5, 0.6) is 0 Å². The van der Waals surface area contributed by atoms with Crippen LogP contribution >= 0.6 is 15.9 Å². The molecule has 2 aromatic carbocycles. The van der Waals surface area contributed by atoms with Crippen molar-refractivity contribution in [3.63, 3.8) is 0 Å².